The van der Waals surface area contributed by atoms with Crippen LogP contribution in [0, 0.1) is 0 Å². The van der Waals surface area contributed by atoms with E-state index in [1.807, 2.05) is 24.3 Å². The predicted molar refractivity (Wildman–Crippen MR) is 64.3 cm³/mol. The molecule has 0 radical (unpaired) electrons. The van der Waals surface area contributed by atoms with Crippen LogP contribution in [0.5, 0.6) is 0 Å². The number of amides is 1. The summed E-state index contributed by atoms with van der Waals surface area (Å²) in [4.78, 5) is 15.5. The Labute approximate surface area is 93.7 Å². The maximum atomic E-state index is 11.5. The number of hydrogen-bond acceptors (Lipinski definition) is 3. The maximum absolute atomic E-state index is 11.5. The lowest BCUT2D eigenvalue weighted by Crippen LogP contribution is -2.25. The van der Waals surface area contributed by atoms with Crippen LogP contribution in [-0.4, -0.2) is 24.5 Å². The molecule has 16 heavy (non-hydrogen) atoms. The fraction of sp³-hybridized carbons (Fsp3) is 0.167. The summed E-state index contributed by atoms with van der Waals surface area (Å²) in [5.41, 5.74) is 0.797. The van der Waals surface area contributed by atoms with Gasteiger partial charge in [0.2, 0.25) is 5.91 Å². The van der Waals surface area contributed by atoms with E-state index in [-0.39, 0.29) is 5.91 Å². The molecule has 1 heterocycles. The Morgan fingerprint density at radius 2 is 2.25 bits per heavy atom. The van der Waals surface area contributed by atoms with Gasteiger partial charge in [-0.1, -0.05) is 12.1 Å². The third kappa shape index (κ3) is 2.17. The molecule has 0 aliphatic rings. The molecule has 1 amide bonds. The van der Waals surface area contributed by atoms with Crippen LogP contribution < -0.4 is 10.6 Å². The normalized spacial score (nSPS) is 10.3. The zero-order valence-corrected chi connectivity index (χ0v) is 9.03. The van der Waals surface area contributed by atoms with Crippen molar-refractivity contribution in [2.75, 3.05) is 18.9 Å². The Bertz CT molecular complexity index is 505. The van der Waals surface area contributed by atoms with E-state index in [9.17, 15) is 4.79 Å². The van der Waals surface area contributed by atoms with E-state index in [2.05, 4.69) is 15.6 Å². The first-order valence-corrected chi connectivity index (χ1v) is 5.08. The molecule has 0 aliphatic heterocycles. The number of rotatable bonds is 3. The highest BCUT2D eigenvalue weighted by Gasteiger charge is 2.04. The Hall–Kier alpha value is -1.94. The number of carbonyl (C=O) groups is 1. The van der Waals surface area contributed by atoms with Crippen LogP contribution in [0.4, 0.5) is 5.69 Å². The largest absolute Gasteiger partial charge is 0.324 e. The summed E-state index contributed by atoms with van der Waals surface area (Å²) in [6, 6.07) is 7.70. The molecule has 0 unspecified atom stereocenters. The van der Waals surface area contributed by atoms with E-state index >= 15 is 0 Å². The highest BCUT2D eigenvalue weighted by molar-refractivity contribution is 6.02. The quantitative estimate of drug-likeness (QED) is 0.813. The number of nitrogens with one attached hydrogen (secondary N) is 2. The van der Waals surface area contributed by atoms with Gasteiger partial charge < -0.3 is 10.6 Å². The zero-order valence-electron chi connectivity index (χ0n) is 9.03. The number of aromatic nitrogens is 1. The average Bonchev–Trinajstić information content (AvgIpc) is 2.30. The van der Waals surface area contributed by atoms with Gasteiger partial charge in [0.25, 0.3) is 0 Å². The standard InChI is InChI=1S/C12H13N3O/c1-13-8-12(16)15-11-4-2-3-9-5-6-14-7-10(9)11/h2-7,13H,8H2,1H3,(H,15,16). The van der Waals surface area contributed by atoms with Gasteiger partial charge in [0.1, 0.15) is 0 Å². The molecule has 0 bridgehead atoms. The van der Waals surface area contributed by atoms with Crippen molar-refractivity contribution in [1.29, 1.82) is 0 Å². The van der Waals surface area contributed by atoms with Gasteiger partial charge in [-0.25, -0.2) is 0 Å². The second kappa shape index (κ2) is 4.72. The minimum atomic E-state index is -0.0566. The third-order valence-corrected chi connectivity index (χ3v) is 2.30. The summed E-state index contributed by atoms with van der Waals surface area (Å²) >= 11 is 0. The summed E-state index contributed by atoms with van der Waals surface area (Å²) in [6.07, 6.45) is 3.49. The van der Waals surface area contributed by atoms with Crippen molar-refractivity contribution in [2.24, 2.45) is 0 Å². The van der Waals surface area contributed by atoms with Gasteiger partial charge in [0.05, 0.1) is 12.2 Å². The molecule has 0 atom stereocenters. The van der Waals surface area contributed by atoms with E-state index in [0.717, 1.165) is 16.5 Å². The molecule has 0 saturated carbocycles. The number of fused-ring (bicyclic) bond motifs is 1. The molecular formula is C12H13N3O. The average molecular weight is 215 g/mol. The summed E-state index contributed by atoms with van der Waals surface area (Å²) in [5.74, 6) is -0.0566. The van der Waals surface area contributed by atoms with Crippen molar-refractivity contribution < 1.29 is 4.79 Å². The maximum Gasteiger partial charge on any atom is 0.238 e. The molecule has 1 aromatic carbocycles. The molecule has 0 aliphatic carbocycles. The van der Waals surface area contributed by atoms with Crippen LogP contribution >= 0.6 is 0 Å². The van der Waals surface area contributed by atoms with Crippen molar-refractivity contribution in [3.8, 4) is 0 Å². The van der Waals surface area contributed by atoms with Gasteiger partial charge in [-0.15, -0.1) is 0 Å². The second-order valence-electron chi connectivity index (χ2n) is 3.48. The molecule has 2 aromatic rings. The lowest BCUT2D eigenvalue weighted by atomic mass is 10.1. The van der Waals surface area contributed by atoms with Crippen molar-refractivity contribution >= 4 is 22.4 Å². The van der Waals surface area contributed by atoms with Crippen LogP contribution in [0.1, 0.15) is 0 Å². The molecular weight excluding hydrogens is 202 g/mol. The van der Waals surface area contributed by atoms with E-state index < -0.39 is 0 Å². The summed E-state index contributed by atoms with van der Waals surface area (Å²) in [7, 11) is 1.74. The van der Waals surface area contributed by atoms with Gasteiger partial charge in [-0.3, -0.25) is 9.78 Å². The van der Waals surface area contributed by atoms with Crippen molar-refractivity contribution in [3.05, 3.63) is 36.7 Å². The van der Waals surface area contributed by atoms with Gasteiger partial charge in [-0.05, 0) is 24.6 Å². The highest BCUT2D eigenvalue weighted by Crippen LogP contribution is 2.21. The van der Waals surface area contributed by atoms with E-state index in [4.69, 9.17) is 0 Å². The number of carbonyl (C=O) groups excluding carboxylic acids is 1. The molecule has 4 nitrogen and oxygen atoms in total. The van der Waals surface area contributed by atoms with Crippen LogP contribution in [0.25, 0.3) is 10.8 Å². The van der Waals surface area contributed by atoms with Crippen molar-refractivity contribution in [1.82, 2.24) is 10.3 Å². The third-order valence-electron chi connectivity index (χ3n) is 2.30. The molecule has 2 rings (SSSR count). The summed E-state index contributed by atoms with van der Waals surface area (Å²) in [5, 5.41) is 7.67. The monoisotopic (exact) mass is 215 g/mol. The van der Waals surface area contributed by atoms with Crippen molar-refractivity contribution in [3.63, 3.8) is 0 Å². The minimum Gasteiger partial charge on any atom is -0.324 e. The first kappa shape index (κ1) is 10.6. The minimum absolute atomic E-state index is 0.0566. The number of likely N-dealkylation sites (N-methyl/N-ethyl adjacent to an activating group) is 1. The van der Waals surface area contributed by atoms with Crippen LogP contribution in [0.3, 0.4) is 0 Å². The van der Waals surface area contributed by atoms with Gasteiger partial charge >= 0.3 is 0 Å². The number of hydrogen-bond donors (Lipinski definition) is 2. The van der Waals surface area contributed by atoms with E-state index in [0.29, 0.717) is 6.54 Å². The molecule has 0 spiro atoms. The molecule has 2 N–H and O–H groups in total. The number of pyridine rings is 1. The first-order valence-electron chi connectivity index (χ1n) is 5.08. The van der Waals surface area contributed by atoms with E-state index in [1.54, 1.807) is 19.4 Å². The number of benzene rings is 1. The predicted octanol–water partition coefficient (Wildman–Crippen LogP) is 1.39. The Morgan fingerprint density at radius 3 is 3.06 bits per heavy atom. The second-order valence-corrected chi connectivity index (χ2v) is 3.48. The topological polar surface area (TPSA) is 54.0 Å². The first-order chi connectivity index (χ1) is 7.81. The smallest absolute Gasteiger partial charge is 0.238 e. The Kier molecular flexibility index (Phi) is 3.12. The Morgan fingerprint density at radius 1 is 1.38 bits per heavy atom. The van der Waals surface area contributed by atoms with Crippen molar-refractivity contribution in [2.45, 2.75) is 0 Å². The van der Waals surface area contributed by atoms with Crippen LogP contribution in [0.2, 0.25) is 0 Å². The molecule has 82 valence electrons. The lowest BCUT2D eigenvalue weighted by Gasteiger charge is -2.07. The van der Waals surface area contributed by atoms with Gasteiger partial charge in [0.15, 0.2) is 0 Å². The van der Waals surface area contributed by atoms with Gasteiger partial charge in [-0.2, -0.15) is 0 Å². The lowest BCUT2D eigenvalue weighted by molar-refractivity contribution is -0.115. The zero-order chi connectivity index (χ0) is 11.4. The van der Waals surface area contributed by atoms with Crippen LogP contribution in [-0.2, 0) is 4.79 Å². The summed E-state index contributed by atoms with van der Waals surface area (Å²) < 4.78 is 0. The molecule has 4 heteroatoms. The molecule has 0 fully saturated rings. The van der Waals surface area contributed by atoms with E-state index in [1.165, 1.54) is 0 Å². The summed E-state index contributed by atoms with van der Waals surface area (Å²) in [6.45, 7) is 0.302. The fourth-order valence-corrected chi connectivity index (χ4v) is 1.58. The van der Waals surface area contributed by atoms with Crippen LogP contribution in [0.15, 0.2) is 36.7 Å². The number of anilines is 1. The Balaban J connectivity index is 2.33. The SMILES string of the molecule is CNCC(=O)Nc1cccc2ccncc12. The van der Waals surface area contributed by atoms with Gasteiger partial charge in [0, 0.05) is 17.8 Å². The molecule has 0 saturated heterocycles. The highest BCUT2D eigenvalue weighted by atomic mass is 16.1. The number of nitrogens with zero attached hydrogens (tertiary/aromatic N) is 1. The fourth-order valence-electron chi connectivity index (χ4n) is 1.58. The molecule has 1 aromatic heterocycles.